The van der Waals surface area contributed by atoms with Crippen molar-refractivity contribution in [3.8, 4) is 0 Å². The van der Waals surface area contributed by atoms with Gasteiger partial charge in [0, 0.05) is 5.69 Å². The highest BCUT2D eigenvalue weighted by atomic mass is 32.2. The summed E-state index contributed by atoms with van der Waals surface area (Å²) in [5.41, 5.74) is 6.48. The second-order valence-electron chi connectivity index (χ2n) is 4.65. The topological polar surface area (TPSA) is 135 Å². The Morgan fingerprint density at radius 1 is 0.826 bits per heavy atom. The normalized spacial score (nSPS) is 12.6. The number of rotatable bonds is 4. The quantitative estimate of drug-likeness (QED) is 0.433. The van der Waals surface area contributed by atoms with Crippen LogP contribution in [-0.4, -0.2) is 25.9 Å². The highest BCUT2D eigenvalue weighted by Crippen LogP contribution is 2.21. The average molecular weight is 355 g/mol. The van der Waals surface area contributed by atoms with Crippen LogP contribution in [0.1, 0.15) is 11.1 Å². The van der Waals surface area contributed by atoms with Crippen LogP contribution in [0.3, 0.4) is 0 Å². The summed E-state index contributed by atoms with van der Waals surface area (Å²) in [6.07, 6.45) is 2.96. The van der Waals surface area contributed by atoms with Crippen LogP contribution in [0.2, 0.25) is 0 Å². The van der Waals surface area contributed by atoms with Crippen molar-refractivity contribution in [2.75, 3.05) is 5.73 Å². The molecule has 0 fully saturated rings. The van der Waals surface area contributed by atoms with Crippen LogP contribution in [0, 0.1) is 0 Å². The van der Waals surface area contributed by atoms with Gasteiger partial charge in [-0.2, -0.15) is 16.8 Å². The number of hydrogen-bond donors (Lipinski definition) is 3. The maximum absolute atomic E-state index is 11.3. The summed E-state index contributed by atoms with van der Waals surface area (Å²) in [5.74, 6) is 0. The molecule has 0 aliphatic rings. The average Bonchev–Trinajstić information content (AvgIpc) is 2.44. The molecule has 0 heterocycles. The number of nitrogens with two attached hydrogens (primary N) is 1. The zero-order chi connectivity index (χ0) is 17.3. The molecule has 9 heteroatoms. The van der Waals surface area contributed by atoms with Gasteiger partial charge in [-0.1, -0.05) is 30.4 Å². The van der Waals surface area contributed by atoms with Gasteiger partial charge < -0.3 is 5.73 Å². The minimum atomic E-state index is -4.43. The lowest BCUT2D eigenvalue weighted by molar-refractivity contribution is 0.481. The highest BCUT2D eigenvalue weighted by Gasteiger charge is 2.14. The van der Waals surface area contributed by atoms with Crippen molar-refractivity contribution in [1.82, 2.24) is 0 Å². The molecule has 0 saturated heterocycles. The molecule has 0 aliphatic heterocycles. The first-order valence-corrected chi connectivity index (χ1v) is 9.08. The van der Waals surface area contributed by atoms with Crippen LogP contribution in [0.15, 0.2) is 52.3 Å². The van der Waals surface area contributed by atoms with E-state index in [1.165, 1.54) is 48.6 Å². The highest BCUT2D eigenvalue weighted by molar-refractivity contribution is 7.86. The molecule has 0 radical (unpaired) electrons. The fraction of sp³-hybridized carbons (Fsp3) is 0. The molecular formula is C14H13NO6S2. The van der Waals surface area contributed by atoms with Gasteiger partial charge in [-0.3, -0.25) is 9.11 Å². The summed E-state index contributed by atoms with van der Waals surface area (Å²) < 4.78 is 62.7. The Hall–Kier alpha value is -2.20. The maximum atomic E-state index is 11.3. The zero-order valence-corrected chi connectivity index (χ0v) is 13.3. The first-order valence-electron chi connectivity index (χ1n) is 6.20. The standard InChI is InChI=1S/C14H13NO6S2/c15-12-6-5-11(14(9-12)23(19,20)21)4-1-10-2-7-13(8-3-10)22(16,17)18/h1-9H,15H2,(H,16,17,18)(H,19,20,21). The Morgan fingerprint density at radius 3 is 1.96 bits per heavy atom. The fourth-order valence-electron chi connectivity index (χ4n) is 1.85. The van der Waals surface area contributed by atoms with Crippen LogP contribution < -0.4 is 5.73 Å². The summed E-state index contributed by atoms with van der Waals surface area (Å²) in [6, 6.07) is 9.34. The fourth-order valence-corrected chi connectivity index (χ4v) is 3.05. The van der Waals surface area contributed by atoms with Gasteiger partial charge in [0.2, 0.25) is 0 Å². The molecule has 0 spiro atoms. The van der Waals surface area contributed by atoms with Gasteiger partial charge in [0.1, 0.15) is 4.90 Å². The molecule has 122 valence electrons. The predicted octanol–water partition coefficient (Wildman–Crippen LogP) is 1.93. The Bertz CT molecular complexity index is 961. The first kappa shape index (κ1) is 17.2. The van der Waals surface area contributed by atoms with Gasteiger partial charge in [0.25, 0.3) is 20.2 Å². The van der Waals surface area contributed by atoms with Crippen molar-refractivity contribution in [1.29, 1.82) is 0 Å². The van der Waals surface area contributed by atoms with Crippen molar-refractivity contribution in [2.45, 2.75) is 9.79 Å². The van der Waals surface area contributed by atoms with E-state index in [-0.39, 0.29) is 21.0 Å². The largest absolute Gasteiger partial charge is 0.399 e. The third kappa shape index (κ3) is 4.39. The van der Waals surface area contributed by atoms with E-state index in [2.05, 4.69) is 0 Å². The molecule has 7 nitrogen and oxygen atoms in total. The van der Waals surface area contributed by atoms with E-state index in [0.717, 1.165) is 6.07 Å². The van der Waals surface area contributed by atoms with Crippen LogP contribution in [0.5, 0.6) is 0 Å². The lowest BCUT2D eigenvalue weighted by Crippen LogP contribution is -2.02. The van der Waals surface area contributed by atoms with Gasteiger partial charge in [0.15, 0.2) is 0 Å². The summed E-state index contributed by atoms with van der Waals surface area (Å²) in [4.78, 5) is -0.580. The van der Waals surface area contributed by atoms with Gasteiger partial charge in [-0.25, -0.2) is 0 Å². The Balaban J connectivity index is 2.38. The number of benzene rings is 2. The van der Waals surface area contributed by atoms with E-state index >= 15 is 0 Å². The molecule has 0 bridgehead atoms. The van der Waals surface area contributed by atoms with E-state index in [9.17, 15) is 21.4 Å². The van der Waals surface area contributed by atoms with Crippen molar-refractivity contribution in [3.05, 3.63) is 53.6 Å². The Kier molecular flexibility index (Phi) is 4.57. The third-order valence-corrected chi connectivity index (χ3v) is 4.73. The molecule has 0 aromatic heterocycles. The molecule has 2 aromatic carbocycles. The monoisotopic (exact) mass is 355 g/mol. The SMILES string of the molecule is Nc1ccc(C=Cc2ccc(S(=O)(=O)O)cc2)c(S(=O)(=O)O)c1. The van der Waals surface area contributed by atoms with Crippen molar-refractivity contribution in [3.63, 3.8) is 0 Å². The van der Waals surface area contributed by atoms with Crippen molar-refractivity contribution in [2.24, 2.45) is 0 Å². The zero-order valence-electron chi connectivity index (χ0n) is 11.6. The molecule has 0 aliphatic carbocycles. The molecule has 23 heavy (non-hydrogen) atoms. The summed E-state index contributed by atoms with van der Waals surface area (Å²) >= 11 is 0. The van der Waals surface area contributed by atoms with Crippen LogP contribution in [0.4, 0.5) is 5.69 Å². The van der Waals surface area contributed by atoms with Crippen molar-refractivity contribution < 1.29 is 25.9 Å². The van der Waals surface area contributed by atoms with Gasteiger partial charge in [0.05, 0.1) is 4.90 Å². The smallest absolute Gasteiger partial charge is 0.295 e. The third-order valence-electron chi connectivity index (χ3n) is 2.95. The first-order chi connectivity index (χ1) is 10.6. The minimum absolute atomic E-state index is 0.187. The Labute approximate surface area is 133 Å². The number of nitrogen functional groups attached to an aromatic ring is 1. The Morgan fingerprint density at radius 2 is 1.43 bits per heavy atom. The number of anilines is 1. The minimum Gasteiger partial charge on any atom is -0.399 e. The van der Waals surface area contributed by atoms with E-state index in [4.69, 9.17) is 10.3 Å². The van der Waals surface area contributed by atoms with E-state index < -0.39 is 20.2 Å². The maximum Gasteiger partial charge on any atom is 0.295 e. The molecule has 2 rings (SSSR count). The second-order valence-corrected chi connectivity index (χ2v) is 7.46. The summed E-state index contributed by atoms with van der Waals surface area (Å²) in [5, 5.41) is 0. The summed E-state index contributed by atoms with van der Waals surface area (Å²) in [6.45, 7) is 0. The molecular weight excluding hydrogens is 342 g/mol. The van der Waals surface area contributed by atoms with Crippen LogP contribution >= 0.6 is 0 Å². The van der Waals surface area contributed by atoms with Crippen LogP contribution in [-0.2, 0) is 20.2 Å². The molecule has 0 amide bonds. The van der Waals surface area contributed by atoms with Gasteiger partial charge >= 0.3 is 0 Å². The van der Waals surface area contributed by atoms with Gasteiger partial charge in [-0.05, 0) is 35.4 Å². The molecule has 4 N–H and O–H groups in total. The van der Waals surface area contributed by atoms with Gasteiger partial charge in [-0.15, -0.1) is 0 Å². The molecule has 2 aromatic rings. The molecule has 0 atom stereocenters. The van der Waals surface area contributed by atoms with Crippen LogP contribution in [0.25, 0.3) is 12.2 Å². The van der Waals surface area contributed by atoms with E-state index in [1.54, 1.807) is 0 Å². The van der Waals surface area contributed by atoms with Crippen molar-refractivity contribution >= 4 is 38.1 Å². The lowest BCUT2D eigenvalue weighted by Gasteiger charge is -2.04. The lowest BCUT2D eigenvalue weighted by atomic mass is 10.1. The summed E-state index contributed by atoms with van der Waals surface area (Å²) in [7, 11) is -8.70. The van der Waals surface area contributed by atoms with E-state index in [1.807, 2.05) is 0 Å². The number of hydrogen-bond acceptors (Lipinski definition) is 5. The van der Waals surface area contributed by atoms with E-state index in [0.29, 0.717) is 5.56 Å². The molecule has 0 unspecified atom stereocenters. The molecule has 0 saturated carbocycles. The second kappa shape index (κ2) is 6.13. The predicted molar refractivity (Wildman–Crippen MR) is 85.9 cm³/mol.